The summed E-state index contributed by atoms with van der Waals surface area (Å²) in [6.45, 7) is 13.5. The zero-order valence-electron chi connectivity index (χ0n) is 13.0. The molecule has 1 N–H and O–H groups in total. The third-order valence-electron chi connectivity index (χ3n) is 3.10. The average molecular weight is 263 g/mol. The molecule has 0 saturated heterocycles. The summed E-state index contributed by atoms with van der Waals surface area (Å²) in [6.07, 6.45) is 2.16. The maximum Gasteiger partial charge on any atom is 0.126 e. The summed E-state index contributed by atoms with van der Waals surface area (Å²) < 4.78 is 13.3. The lowest BCUT2D eigenvalue weighted by atomic mass is 9.98. The average Bonchev–Trinajstić information content (AvgIpc) is 2.27. The van der Waals surface area contributed by atoms with Gasteiger partial charge in [0.15, 0.2) is 0 Å². The monoisotopic (exact) mass is 263 g/mol. The number of benzene rings is 1. The highest BCUT2D eigenvalue weighted by atomic mass is 19.1. The van der Waals surface area contributed by atoms with Gasteiger partial charge >= 0.3 is 0 Å². The molecule has 106 valence electrons. The van der Waals surface area contributed by atoms with Crippen molar-refractivity contribution in [2.24, 2.45) is 5.92 Å². The lowest BCUT2D eigenvalue weighted by Gasteiger charge is -2.23. The molecule has 1 aromatic rings. The first-order valence-corrected chi connectivity index (χ1v) is 6.90. The molecule has 0 aliphatic heterocycles. The molecule has 0 atom stereocenters. The number of hydrogen-bond donors (Lipinski definition) is 1. The van der Waals surface area contributed by atoms with Gasteiger partial charge in [-0.2, -0.15) is 0 Å². The molecular formula is C17H26FN. The van der Waals surface area contributed by atoms with E-state index < -0.39 is 0 Å². The van der Waals surface area contributed by atoms with Gasteiger partial charge in [0.25, 0.3) is 0 Å². The van der Waals surface area contributed by atoms with E-state index in [0.717, 1.165) is 12.1 Å². The van der Waals surface area contributed by atoms with Gasteiger partial charge in [-0.1, -0.05) is 31.6 Å². The zero-order valence-corrected chi connectivity index (χ0v) is 13.0. The third kappa shape index (κ3) is 5.56. The van der Waals surface area contributed by atoms with Crippen LogP contribution >= 0.6 is 0 Å². The van der Waals surface area contributed by atoms with E-state index in [0.29, 0.717) is 11.5 Å². The maximum atomic E-state index is 13.3. The number of rotatable bonds is 4. The van der Waals surface area contributed by atoms with E-state index in [-0.39, 0.29) is 11.4 Å². The largest absolute Gasteiger partial charge is 0.308 e. The Morgan fingerprint density at radius 2 is 1.95 bits per heavy atom. The van der Waals surface area contributed by atoms with Crippen molar-refractivity contribution in [2.75, 3.05) is 6.54 Å². The van der Waals surface area contributed by atoms with Gasteiger partial charge in [0.2, 0.25) is 0 Å². The van der Waals surface area contributed by atoms with Crippen molar-refractivity contribution < 1.29 is 4.39 Å². The Labute approximate surface area is 116 Å². The minimum Gasteiger partial charge on any atom is -0.308 e. The van der Waals surface area contributed by atoms with Crippen molar-refractivity contribution in [1.82, 2.24) is 5.32 Å². The van der Waals surface area contributed by atoms with Gasteiger partial charge in [-0.25, -0.2) is 4.39 Å². The first-order chi connectivity index (χ1) is 8.69. The molecule has 0 amide bonds. The normalized spacial score (nSPS) is 13.2. The van der Waals surface area contributed by atoms with Crippen LogP contribution in [0.2, 0.25) is 0 Å². The van der Waals surface area contributed by atoms with E-state index in [1.165, 1.54) is 11.6 Å². The Bertz CT molecular complexity index is 453. The Morgan fingerprint density at radius 1 is 1.32 bits per heavy atom. The van der Waals surface area contributed by atoms with Gasteiger partial charge in [0, 0.05) is 12.1 Å². The molecule has 0 aromatic heterocycles. The highest BCUT2D eigenvalue weighted by Gasteiger charge is 2.11. The van der Waals surface area contributed by atoms with Crippen LogP contribution < -0.4 is 5.32 Å². The molecule has 0 radical (unpaired) electrons. The van der Waals surface area contributed by atoms with Gasteiger partial charge in [0.05, 0.1) is 0 Å². The molecule has 1 rings (SSSR count). The van der Waals surface area contributed by atoms with Crippen LogP contribution in [0.3, 0.4) is 0 Å². The number of aryl methyl sites for hydroxylation is 1. The quantitative estimate of drug-likeness (QED) is 0.839. The van der Waals surface area contributed by atoms with Crippen LogP contribution in [0, 0.1) is 18.7 Å². The zero-order chi connectivity index (χ0) is 14.6. The van der Waals surface area contributed by atoms with Crippen LogP contribution in [0.4, 0.5) is 4.39 Å². The second kappa shape index (κ2) is 6.33. The van der Waals surface area contributed by atoms with E-state index in [1.807, 2.05) is 12.1 Å². The van der Waals surface area contributed by atoms with Crippen LogP contribution in [-0.4, -0.2) is 12.1 Å². The third-order valence-corrected chi connectivity index (χ3v) is 3.10. The van der Waals surface area contributed by atoms with Crippen LogP contribution in [0.15, 0.2) is 23.8 Å². The standard InChI is InChI=1S/C17H26FN/c1-12(2)15(11-19-17(4,5)6)10-14-7-8-16(18)13(3)9-14/h7-10,12,19H,11H2,1-6H3. The van der Waals surface area contributed by atoms with Gasteiger partial charge in [-0.05, 0) is 56.9 Å². The summed E-state index contributed by atoms with van der Waals surface area (Å²) in [4.78, 5) is 0. The lowest BCUT2D eigenvalue weighted by Crippen LogP contribution is -2.37. The fourth-order valence-electron chi connectivity index (χ4n) is 1.76. The van der Waals surface area contributed by atoms with Crippen LogP contribution in [-0.2, 0) is 0 Å². The van der Waals surface area contributed by atoms with Crippen LogP contribution in [0.25, 0.3) is 6.08 Å². The summed E-state index contributed by atoms with van der Waals surface area (Å²) >= 11 is 0. The van der Waals surface area contributed by atoms with Crippen molar-refractivity contribution in [3.05, 3.63) is 40.7 Å². The van der Waals surface area contributed by atoms with Crippen LogP contribution in [0.5, 0.6) is 0 Å². The Hall–Kier alpha value is -1.15. The second-order valence-corrected chi connectivity index (χ2v) is 6.49. The van der Waals surface area contributed by atoms with E-state index in [9.17, 15) is 4.39 Å². The van der Waals surface area contributed by atoms with E-state index in [2.05, 4.69) is 46.0 Å². The fraction of sp³-hybridized carbons (Fsp3) is 0.529. The molecule has 0 unspecified atom stereocenters. The summed E-state index contributed by atoms with van der Waals surface area (Å²) in [5.74, 6) is 0.330. The lowest BCUT2D eigenvalue weighted by molar-refractivity contribution is 0.437. The predicted octanol–water partition coefficient (Wildman–Crippen LogP) is 4.56. The van der Waals surface area contributed by atoms with Crippen molar-refractivity contribution in [1.29, 1.82) is 0 Å². The molecular weight excluding hydrogens is 237 g/mol. The highest BCUT2D eigenvalue weighted by Crippen LogP contribution is 2.17. The van der Waals surface area contributed by atoms with Crippen molar-refractivity contribution in [3.8, 4) is 0 Å². The first-order valence-electron chi connectivity index (χ1n) is 6.90. The topological polar surface area (TPSA) is 12.0 Å². The van der Waals surface area contributed by atoms with Crippen LogP contribution in [0.1, 0.15) is 45.7 Å². The second-order valence-electron chi connectivity index (χ2n) is 6.49. The van der Waals surface area contributed by atoms with E-state index >= 15 is 0 Å². The van der Waals surface area contributed by atoms with Gasteiger partial charge < -0.3 is 5.32 Å². The number of nitrogens with one attached hydrogen (secondary N) is 1. The number of halogens is 1. The number of hydrogen-bond acceptors (Lipinski definition) is 1. The van der Waals surface area contributed by atoms with Crippen molar-refractivity contribution in [3.63, 3.8) is 0 Å². The molecule has 0 aliphatic rings. The van der Waals surface area contributed by atoms with E-state index in [4.69, 9.17) is 0 Å². The van der Waals surface area contributed by atoms with Crippen molar-refractivity contribution >= 4 is 6.08 Å². The Morgan fingerprint density at radius 3 is 2.42 bits per heavy atom. The molecule has 1 nitrogen and oxygen atoms in total. The van der Waals surface area contributed by atoms with E-state index in [1.54, 1.807) is 6.92 Å². The maximum absolute atomic E-state index is 13.3. The summed E-state index contributed by atoms with van der Waals surface area (Å²) in [6, 6.07) is 5.27. The first kappa shape index (κ1) is 15.9. The predicted molar refractivity (Wildman–Crippen MR) is 81.7 cm³/mol. The minimum absolute atomic E-state index is 0.104. The summed E-state index contributed by atoms with van der Waals surface area (Å²) in [5, 5.41) is 3.51. The Balaban J connectivity index is 2.91. The summed E-state index contributed by atoms with van der Waals surface area (Å²) in [5.41, 5.74) is 3.20. The minimum atomic E-state index is -0.143. The molecule has 0 bridgehead atoms. The molecule has 0 fully saturated rings. The molecule has 2 heteroatoms. The molecule has 1 aromatic carbocycles. The molecule has 19 heavy (non-hydrogen) atoms. The smallest absolute Gasteiger partial charge is 0.126 e. The van der Waals surface area contributed by atoms with Gasteiger partial charge in [-0.15, -0.1) is 0 Å². The molecule has 0 spiro atoms. The highest BCUT2D eigenvalue weighted by molar-refractivity contribution is 5.54. The molecule has 0 saturated carbocycles. The van der Waals surface area contributed by atoms with Gasteiger partial charge in [0.1, 0.15) is 5.82 Å². The SMILES string of the molecule is Cc1cc(C=C(CNC(C)(C)C)C(C)C)ccc1F. The summed E-state index contributed by atoms with van der Waals surface area (Å²) in [7, 11) is 0. The van der Waals surface area contributed by atoms with Crippen molar-refractivity contribution in [2.45, 2.75) is 47.1 Å². The molecule has 0 heterocycles. The van der Waals surface area contributed by atoms with Gasteiger partial charge in [-0.3, -0.25) is 0 Å². The fourth-order valence-corrected chi connectivity index (χ4v) is 1.76. The molecule has 0 aliphatic carbocycles. The Kier molecular flexibility index (Phi) is 5.30.